The maximum Gasteiger partial charge on any atom is 0.191 e. The Morgan fingerprint density at radius 3 is 2.73 bits per heavy atom. The molecule has 2 aromatic rings. The lowest BCUT2D eigenvalue weighted by Gasteiger charge is -2.13. The van der Waals surface area contributed by atoms with Crippen molar-refractivity contribution in [2.45, 2.75) is 26.9 Å². The number of guanidine groups is 1. The van der Waals surface area contributed by atoms with Gasteiger partial charge < -0.3 is 24.5 Å². The monoisotopic (exact) mass is 473 g/mol. The topological polar surface area (TPSA) is 68.0 Å². The second-order valence-corrected chi connectivity index (χ2v) is 5.58. The molecule has 1 heterocycles. The molecule has 0 bridgehead atoms. The van der Waals surface area contributed by atoms with Gasteiger partial charge in [-0.05, 0) is 37.6 Å². The highest BCUT2D eigenvalue weighted by atomic mass is 127. The molecule has 2 N–H and O–H groups in total. The molecule has 0 saturated heterocycles. The molecular formula is C19H28IN3O3. The van der Waals surface area contributed by atoms with Crippen molar-refractivity contribution in [2.75, 3.05) is 26.9 Å². The molecule has 7 heteroatoms. The summed E-state index contributed by atoms with van der Waals surface area (Å²) in [6.45, 7) is 7.06. The summed E-state index contributed by atoms with van der Waals surface area (Å²) >= 11 is 0. The Morgan fingerprint density at radius 1 is 1.19 bits per heavy atom. The van der Waals surface area contributed by atoms with Crippen molar-refractivity contribution in [3.63, 3.8) is 0 Å². The highest BCUT2D eigenvalue weighted by molar-refractivity contribution is 14.0. The highest BCUT2D eigenvalue weighted by Crippen LogP contribution is 2.21. The molecule has 26 heavy (non-hydrogen) atoms. The second-order valence-electron chi connectivity index (χ2n) is 5.58. The number of nitrogens with one attached hydrogen (secondary N) is 2. The number of aryl methyl sites for hydroxylation is 1. The van der Waals surface area contributed by atoms with Gasteiger partial charge in [0.15, 0.2) is 5.96 Å². The summed E-state index contributed by atoms with van der Waals surface area (Å²) in [6.07, 6.45) is 1.66. The van der Waals surface area contributed by atoms with Crippen LogP contribution in [-0.2, 0) is 17.8 Å². The Labute approximate surface area is 172 Å². The highest BCUT2D eigenvalue weighted by Gasteiger charge is 2.06. The first-order valence-electron chi connectivity index (χ1n) is 8.48. The summed E-state index contributed by atoms with van der Waals surface area (Å²) in [7, 11) is 1.66. The first kappa shape index (κ1) is 22.3. The van der Waals surface area contributed by atoms with E-state index in [2.05, 4.69) is 27.8 Å². The van der Waals surface area contributed by atoms with Crippen LogP contribution in [0.15, 0.2) is 46.0 Å². The van der Waals surface area contributed by atoms with E-state index < -0.39 is 0 Å². The Bertz CT molecular complexity index is 660. The van der Waals surface area contributed by atoms with Gasteiger partial charge in [-0.25, -0.2) is 4.99 Å². The summed E-state index contributed by atoms with van der Waals surface area (Å²) in [5.41, 5.74) is 2.19. The Balaban J connectivity index is 0.00000338. The van der Waals surface area contributed by atoms with Crippen molar-refractivity contribution in [1.82, 2.24) is 10.6 Å². The molecule has 0 fully saturated rings. The van der Waals surface area contributed by atoms with Crippen LogP contribution < -0.4 is 15.4 Å². The van der Waals surface area contributed by atoms with Crippen molar-refractivity contribution in [1.29, 1.82) is 0 Å². The molecule has 0 unspecified atom stereocenters. The molecule has 0 amide bonds. The molecule has 0 aliphatic rings. The normalized spacial score (nSPS) is 11.0. The first-order chi connectivity index (χ1) is 12.2. The zero-order chi connectivity index (χ0) is 17.9. The second kappa shape index (κ2) is 12.6. The number of nitrogens with zero attached hydrogens (tertiary/aromatic N) is 1. The van der Waals surface area contributed by atoms with Crippen molar-refractivity contribution in [2.24, 2.45) is 4.99 Å². The van der Waals surface area contributed by atoms with E-state index in [0.717, 1.165) is 35.1 Å². The minimum Gasteiger partial charge on any atom is -0.491 e. The third-order valence-electron chi connectivity index (χ3n) is 3.53. The van der Waals surface area contributed by atoms with Crippen LogP contribution in [-0.4, -0.2) is 32.8 Å². The van der Waals surface area contributed by atoms with E-state index in [1.54, 1.807) is 13.4 Å². The SMILES string of the molecule is CCNC(=NCc1ccc(C)cc1OCCOC)NCc1ccco1.I. The first-order valence-corrected chi connectivity index (χ1v) is 8.48. The third kappa shape index (κ3) is 7.65. The Morgan fingerprint density at radius 2 is 2.04 bits per heavy atom. The molecule has 0 saturated carbocycles. The molecular weight excluding hydrogens is 445 g/mol. The lowest BCUT2D eigenvalue weighted by molar-refractivity contribution is 0.145. The van der Waals surface area contributed by atoms with Crippen LogP contribution in [0.3, 0.4) is 0 Å². The van der Waals surface area contributed by atoms with Gasteiger partial charge >= 0.3 is 0 Å². The fourth-order valence-corrected chi connectivity index (χ4v) is 2.25. The fraction of sp³-hybridized carbons (Fsp3) is 0.421. The predicted octanol–water partition coefficient (Wildman–Crippen LogP) is 3.49. The van der Waals surface area contributed by atoms with Gasteiger partial charge in [0.05, 0.1) is 26.0 Å². The van der Waals surface area contributed by atoms with Crippen molar-refractivity contribution >= 4 is 29.9 Å². The van der Waals surface area contributed by atoms with Gasteiger partial charge in [-0.3, -0.25) is 0 Å². The van der Waals surface area contributed by atoms with Gasteiger partial charge in [0.1, 0.15) is 18.1 Å². The van der Waals surface area contributed by atoms with Gasteiger partial charge in [-0.1, -0.05) is 12.1 Å². The van der Waals surface area contributed by atoms with Crippen LogP contribution in [0.5, 0.6) is 5.75 Å². The third-order valence-corrected chi connectivity index (χ3v) is 3.53. The lowest BCUT2D eigenvalue weighted by atomic mass is 10.1. The van der Waals surface area contributed by atoms with Crippen LogP contribution in [0.4, 0.5) is 0 Å². The smallest absolute Gasteiger partial charge is 0.191 e. The zero-order valence-corrected chi connectivity index (χ0v) is 17.9. The predicted molar refractivity (Wildman–Crippen MR) is 114 cm³/mol. The maximum atomic E-state index is 5.82. The molecule has 0 radical (unpaired) electrons. The quantitative estimate of drug-likeness (QED) is 0.253. The Kier molecular flexibility index (Phi) is 10.8. The van der Waals surface area contributed by atoms with E-state index in [4.69, 9.17) is 13.9 Å². The maximum absolute atomic E-state index is 5.82. The molecule has 6 nitrogen and oxygen atoms in total. The van der Waals surface area contributed by atoms with Crippen molar-refractivity contribution in [3.8, 4) is 5.75 Å². The number of furan rings is 1. The number of ether oxygens (including phenoxy) is 2. The number of hydrogen-bond donors (Lipinski definition) is 2. The number of benzene rings is 1. The fourth-order valence-electron chi connectivity index (χ4n) is 2.25. The number of hydrogen-bond acceptors (Lipinski definition) is 4. The minimum atomic E-state index is 0. The zero-order valence-electron chi connectivity index (χ0n) is 15.6. The number of halogens is 1. The van der Waals surface area contributed by atoms with E-state index >= 15 is 0 Å². The van der Waals surface area contributed by atoms with Crippen molar-refractivity contribution < 1.29 is 13.9 Å². The molecule has 0 spiro atoms. The molecule has 1 aromatic carbocycles. The molecule has 0 aliphatic heterocycles. The van der Waals surface area contributed by atoms with Crippen LogP contribution in [0.1, 0.15) is 23.8 Å². The lowest BCUT2D eigenvalue weighted by Crippen LogP contribution is -2.36. The van der Waals surface area contributed by atoms with Gasteiger partial charge in [-0.15, -0.1) is 24.0 Å². The molecule has 144 valence electrons. The summed E-state index contributed by atoms with van der Waals surface area (Å²) in [5, 5.41) is 6.50. The van der Waals surface area contributed by atoms with E-state index in [1.165, 1.54) is 0 Å². The minimum absolute atomic E-state index is 0. The van der Waals surface area contributed by atoms with E-state index in [1.807, 2.05) is 32.0 Å². The number of aliphatic imine (C=N–C) groups is 1. The number of rotatable bonds is 9. The van der Waals surface area contributed by atoms with Crippen molar-refractivity contribution in [3.05, 3.63) is 53.5 Å². The summed E-state index contributed by atoms with van der Waals surface area (Å²) in [4.78, 5) is 4.64. The van der Waals surface area contributed by atoms with Gasteiger partial charge in [-0.2, -0.15) is 0 Å². The standard InChI is InChI=1S/C19H27N3O3.HI/c1-4-20-19(22-14-17-6-5-9-24-17)21-13-16-8-7-15(2)12-18(16)25-11-10-23-3;/h5-9,12H,4,10-11,13-14H2,1-3H3,(H2,20,21,22);1H. The molecule has 0 atom stereocenters. The molecule has 0 aliphatic carbocycles. The van der Waals surface area contributed by atoms with Crippen LogP contribution in [0, 0.1) is 6.92 Å². The van der Waals surface area contributed by atoms with Crippen LogP contribution in [0.25, 0.3) is 0 Å². The summed E-state index contributed by atoms with van der Waals surface area (Å²) < 4.78 is 16.2. The van der Waals surface area contributed by atoms with Gasteiger partial charge in [0, 0.05) is 19.2 Å². The van der Waals surface area contributed by atoms with E-state index in [9.17, 15) is 0 Å². The largest absolute Gasteiger partial charge is 0.491 e. The summed E-state index contributed by atoms with van der Waals surface area (Å²) in [5.74, 6) is 2.45. The molecule has 1 aromatic heterocycles. The van der Waals surface area contributed by atoms with Crippen LogP contribution in [0.2, 0.25) is 0 Å². The van der Waals surface area contributed by atoms with Gasteiger partial charge in [0.25, 0.3) is 0 Å². The summed E-state index contributed by atoms with van der Waals surface area (Å²) in [6, 6.07) is 9.95. The average Bonchev–Trinajstić information content (AvgIpc) is 3.12. The van der Waals surface area contributed by atoms with Crippen LogP contribution >= 0.6 is 24.0 Å². The molecule has 2 rings (SSSR count). The Hall–Kier alpha value is -1.74. The number of methoxy groups -OCH3 is 1. The van der Waals surface area contributed by atoms with E-state index in [0.29, 0.717) is 26.3 Å². The van der Waals surface area contributed by atoms with Gasteiger partial charge in [0.2, 0.25) is 0 Å². The average molecular weight is 473 g/mol. The van der Waals surface area contributed by atoms with E-state index in [-0.39, 0.29) is 24.0 Å².